The molecule has 0 spiro atoms. The summed E-state index contributed by atoms with van der Waals surface area (Å²) < 4.78 is 0. The van der Waals surface area contributed by atoms with E-state index in [0.29, 0.717) is 25.6 Å². The van der Waals surface area contributed by atoms with Gasteiger partial charge in [0.2, 0.25) is 0 Å². The number of nitrogens with one attached hydrogen (secondary N) is 1. The van der Waals surface area contributed by atoms with Gasteiger partial charge >= 0.3 is 6.03 Å². The van der Waals surface area contributed by atoms with Gasteiger partial charge in [0.05, 0.1) is 23.9 Å². The molecule has 2 N–H and O–H groups in total. The highest BCUT2D eigenvalue weighted by Gasteiger charge is 2.12. The van der Waals surface area contributed by atoms with Crippen LogP contribution in [-0.4, -0.2) is 40.7 Å². The van der Waals surface area contributed by atoms with Crippen molar-refractivity contribution in [2.24, 2.45) is 0 Å². The van der Waals surface area contributed by atoms with E-state index >= 15 is 0 Å². The summed E-state index contributed by atoms with van der Waals surface area (Å²) in [5.41, 5.74) is 0.891. The standard InChI is InChI=1S/C13H23N3O2S/c1-4-5-16(6-7-17)13(18)14-8-11-9-19-12(15-11)10(2)3/h9-10,17H,4-8H2,1-3H3,(H,14,18). The lowest BCUT2D eigenvalue weighted by Crippen LogP contribution is -2.41. The van der Waals surface area contributed by atoms with E-state index in [1.165, 1.54) is 0 Å². The Kier molecular flexibility index (Phi) is 6.80. The average molecular weight is 285 g/mol. The third-order valence-electron chi connectivity index (χ3n) is 2.63. The summed E-state index contributed by atoms with van der Waals surface area (Å²) in [7, 11) is 0. The first-order chi connectivity index (χ1) is 9.08. The lowest BCUT2D eigenvalue weighted by Gasteiger charge is -2.21. The molecule has 0 aliphatic heterocycles. The number of thiazole rings is 1. The number of urea groups is 1. The number of nitrogens with zero attached hydrogens (tertiary/aromatic N) is 2. The summed E-state index contributed by atoms with van der Waals surface area (Å²) in [5, 5.41) is 14.8. The van der Waals surface area contributed by atoms with E-state index in [1.54, 1.807) is 16.2 Å². The van der Waals surface area contributed by atoms with Crippen molar-refractivity contribution < 1.29 is 9.90 Å². The number of aromatic nitrogens is 1. The maximum absolute atomic E-state index is 11.9. The minimum atomic E-state index is -0.144. The molecular weight excluding hydrogens is 262 g/mol. The summed E-state index contributed by atoms with van der Waals surface area (Å²) in [5.74, 6) is 0.417. The Bertz CT molecular complexity index is 387. The molecule has 0 aliphatic carbocycles. The van der Waals surface area contributed by atoms with E-state index in [9.17, 15) is 4.79 Å². The maximum Gasteiger partial charge on any atom is 0.317 e. The molecule has 1 aromatic rings. The molecule has 5 nitrogen and oxygen atoms in total. The highest BCUT2D eigenvalue weighted by molar-refractivity contribution is 7.09. The lowest BCUT2D eigenvalue weighted by atomic mass is 10.2. The van der Waals surface area contributed by atoms with Crippen LogP contribution in [0.25, 0.3) is 0 Å². The van der Waals surface area contributed by atoms with Crippen LogP contribution in [0, 0.1) is 0 Å². The fourth-order valence-corrected chi connectivity index (χ4v) is 2.49. The fourth-order valence-electron chi connectivity index (χ4n) is 1.65. The second kappa shape index (κ2) is 8.12. The van der Waals surface area contributed by atoms with Gasteiger partial charge in [-0.15, -0.1) is 11.3 Å². The molecule has 0 aliphatic rings. The van der Waals surface area contributed by atoms with Crippen LogP contribution in [0.5, 0.6) is 0 Å². The molecule has 0 saturated carbocycles. The number of hydrogen-bond acceptors (Lipinski definition) is 4. The van der Waals surface area contributed by atoms with Crippen molar-refractivity contribution in [1.29, 1.82) is 0 Å². The molecule has 2 amide bonds. The minimum Gasteiger partial charge on any atom is -0.395 e. The van der Waals surface area contributed by atoms with Crippen molar-refractivity contribution >= 4 is 17.4 Å². The first-order valence-electron chi connectivity index (χ1n) is 6.66. The molecule has 0 atom stereocenters. The van der Waals surface area contributed by atoms with Crippen molar-refractivity contribution in [2.75, 3.05) is 19.7 Å². The van der Waals surface area contributed by atoms with Crippen LogP contribution in [-0.2, 0) is 6.54 Å². The van der Waals surface area contributed by atoms with E-state index in [1.807, 2.05) is 12.3 Å². The average Bonchev–Trinajstić information content (AvgIpc) is 2.84. The smallest absolute Gasteiger partial charge is 0.317 e. The summed E-state index contributed by atoms with van der Waals surface area (Å²) in [4.78, 5) is 18.0. The second-order valence-corrected chi connectivity index (χ2v) is 5.59. The first-order valence-corrected chi connectivity index (χ1v) is 7.54. The molecule has 1 rings (SSSR count). The zero-order valence-electron chi connectivity index (χ0n) is 11.8. The third kappa shape index (κ3) is 5.16. The van der Waals surface area contributed by atoms with Crippen molar-refractivity contribution in [3.63, 3.8) is 0 Å². The van der Waals surface area contributed by atoms with Gasteiger partial charge in [0.1, 0.15) is 0 Å². The number of carbonyl (C=O) groups is 1. The number of rotatable bonds is 7. The molecule has 0 unspecified atom stereocenters. The Labute approximate surface area is 118 Å². The highest BCUT2D eigenvalue weighted by Crippen LogP contribution is 2.18. The molecule has 0 bridgehead atoms. The van der Waals surface area contributed by atoms with E-state index in [2.05, 4.69) is 24.1 Å². The third-order valence-corrected chi connectivity index (χ3v) is 3.83. The molecule has 19 heavy (non-hydrogen) atoms. The minimum absolute atomic E-state index is 0.0123. The predicted molar refractivity (Wildman–Crippen MR) is 77.4 cm³/mol. The van der Waals surface area contributed by atoms with Gasteiger partial charge in [-0.05, 0) is 6.42 Å². The summed E-state index contributed by atoms with van der Waals surface area (Å²) in [6.07, 6.45) is 0.877. The lowest BCUT2D eigenvalue weighted by molar-refractivity contribution is 0.177. The van der Waals surface area contributed by atoms with Gasteiger partial charge < -0.3 is 15.3 Å². The van der Waals surface area contributed by atoms with Crippen molar-refractivity contribution in [2.45, 2.75) is 39.7 Å². The Morgan fingerprint density at radius 2 is 2.26 bits per heavy atom. The summed E-state index contributed by atoms with van der Waals surface area (Å²) in [6, 6.07) is -0.144. The van der Waals surface area contributed by atoms with Crippen molar-refractivity contribution in [3.8, 4) is 0 Å². The van der Waals surface area contributed by atoms with Crippen LogP contribution >= 0.6 is 11.3 Å². The molecule has 6 heteroatoms. The van der Waals surface area contributed by atoms with Crippen LogP contribution < -0.4 is 5.32 Å². The van der Waals surface area contributed by atoms with Crippen LogP contribution in [0.3, 0.4) is 0 Å². The number of carbonyl (C=O) groups excluding carboxylic acids is 1. The molecule has 108 valence electrons. The molecule has 0 radical (unpaired) electrons. The quantitative estimate of drug-likeness (QED) is 0.807. The van der Waals surface area contributed by atoms with Crippen LogP contribution in [0.15, 0.2) is 5.38 Å². The normalized spacial score (nSPS) is 10.8. The van der Waals surface area contributed by atoms with Gasteiger partial charge in [-0.25, -0.2) is 9.78 Å². The Hall–Kier alpha value is -1.14. The Morgan fingerprint density at radius 3 is 2.79 bits per heavy atom. The van der Waals surface area contributed by atoms with E-state index in [4.69, 9.17) is 5.11 Å². The number of hydrogen-bond donors (Lipinski definition) is 2. The topological polar surface area (TPSA) is 65.5 Å². The van der Waals surface area contributed by atoms with E-state index in [0.717, 1.165) is 17.1 Å². The van der Waals surface area contributed by atoms with Gasteiger partial charge in [-0.1, -0.05) is 20.8 Å². The van der Waals surface area contributed by atoms with Gasteiger partial charge in [0.25, 0.3) is 0 Å². The second-order valence-electron chi connectivity index (χ2n) is 4.70. The van der Waals surface area contributed by atoms with Crippen molar-refractivity contribution in [3.05, 3.63) is 16.1 Å². The zero-order valence-corrected chi connectivity index (χ0v) is 12.7. The molecular formula is C13H23N3O2S. The Balaban J connectivity index is 2.47. The SMILES string of the molecule is CCCN(CCO)C(=O)NCc1csc(C(C)C)n1. The van der Waals surface area contributed by atoms with Gasteiger partial charge in [0.15, 0.2) is 0 Å². The molecule has 1 heterocycles. The molecule has 0 saturated heterocycles. The fraction of sp³-hybridized carbons (Fsp3) is 0.692. The predicted octanol–water partition coefficient (Wildman–Crippen LogP) is 2.18. The number of amides is 2. The van der Waals surface area contributed by atoms with Crippen molar-refractivity contribution in [1.82, 2.24) is 15.2 Å². The van der Waals surface area contributed by atoms with E-state index in [-0.39, 0.29) is 12.6 Å². The van der Waals surface area contributed by atoms with Crippen LogP contribution in [0.2, 0.25) is 0 Å². The molecule has 0 aromatic carbocycles. The van der Waals surface area contributed by atoms with Gasteiger partial charge in [-0.2, -0.15) is 0 Å². The zero-order chi connectivity index (χ0) is 14.3. The maximum atomic E-state index is 11.9. The van der Waals surface area contributed by atoms with Gasteiger partial charge in [-0.3, -0.25) is 0 Å². The van der Waals surface area contributed by atoms with Crippen LogP contribution in [0.4, 0.5) is 4.79 Å². The first kappa shape index (κ1) is 15.9. The monoisotopic (exact) mass is 285 g/mol. The highest BCUT2D eigenvalue weighted by atomic mass is 32.1. The summed E-state index contributed by atoms with van der Waals surface area (Å²) in [6.45, 7) is 7.66. The number of aliphatic hydroxyl groups is 1. The van der Waals surface area contributed by atoms with Gasteiger partial charge in [0, 0.05) is 24.4 Å². The Morgan fingerprint density at radius 1 is 1.53 bits per heavy atom. The molecule has 1 aromatic heterocycles. The molecule has 0 fully saturated rings. The summed E-state index contributed by atoms with van der Waals surface area (Å²) >= 11 is 1.62. The number of aliphatic hydroxyl groups excluding tert-OH is 1. The van der Waals surface area contributed by atoms with E-state index < -0.39 is 0 Å². The largest absolute Gasteiger partial charge is 0.395 e. The van der Waals surface area contributed by atoms with Crippen LogP contribution in [0.1, 0.15) is 43.8 Å².